The summed E-state index contributed by atoms with van der Waals surface area (Å²) < 4.78 is 8.06. The van der Waals surface area contributed by atoms with Gasteiger partial charge in [0.1, 0.15) is 17.0 Å². The fourth-order valence-corrected chi connectivity index (χ4v) is 5.57. The van der Waals surface area contributed by atoms with Crippen molar-refractivity contribution in [2.75, 3.05) is 13.1 Å². The minimum absolute atomic E-state index is 0.192. The van der Waals surface area contributed by atoms with Gasteiger partial charge < -0.3 is 13.9 Å². The highest BCUT2D eigenvalue weighted by Gasteiger charge is 2.26. The second-order valence-electron chi connectivity index (χ2n) is 10.6. The number of benzene rings is 3. The zero-order valence-electron chi connectivity index (χ0n) is 21.8. The number of furan rings is 1. The number of nitrogens with zero attached hydrogens (tertiary/aromatic N) is 3. The van der Waals surface area contributed by atoms with E-state index >= 15 is 0 Å². The van der Waals surface area contributed by atoms with Crippen LogP contribution in [0.2, 0.25) is 0 Å². The summed E-state index contributed by atoms with van der Waals surface area (Å²) in [5.74, 6) is 2.10. The second-order valence-corrected chi connectivity index (χ2v) is 10.6. The van der Waals surface area contributed by atoms with Crippen molar-refractivity contribution < 1.29 is 9.21 Å². The zero-order chi connectivity index (χ0) is 25.5. The normalized spacial score (nSPS) is 14.8. The highest BCUT2D eigenvalue weighted by atomic mass is 16.3. The molecule has 0 atom stereocenters. The number of hydrogen-bond acceptors (Lipinski definition) is 3. The van der Waals surface area contributed by atoms with Crippen LogP contribution in [0.1, 0.15) is 55.3 Å². The number of carbonyl (C=O) groups excluding carboxylic acids is 1. The number of carbonyl (C=O) groups is 1. The minimum atomic E-state index is 0.192. The van der Waals surface area contributed by atoms with Crippen LogP contribution in [-0.2, 0) is 18.3 Å². The van der Waals surface area contributed by atoms with E-state index in [9.17, 15) is 4.79 Å². The molecule has 6 rings (SSSR count). The lowest BCUT2D eigenvalue weighted by atomic mass is 9.93. The summed E-state index contributed by atoms with van der Waals surface area (Å²) in [6.45, 7) is 5.97. The average Bonchev–Trinajstić information content (AvgIpc) is 3.49. The summed E-state index contributed by atoms with van der Waals surface area (Å²) in [5.41, 5.74) is 6.40. The molecule has 1 amide bonds. The van der Waals surface area contributed by atoms with E-state index in [2.05, 4.69) is 68.1 Å². The van der Waals surface area contributed by atoms with Crippen LogP contribution >= 0.6 is 0 Å². The van der Waals surface area contributed by atoms with E-state index < -0.39 is 0 Å². The maximum atomic E-state index is 13.1. The first-order valence-electron chi connectivity index (χ1n) is 13.3. The number of hydrogen-bond donors (Lipinski definition) is 0. The summed E-state index contributed by atoms with van der Waals surface area (Å²) in [6, 6.07) is 22.9. The van der Waals surface area contributed by atoms with Crippen molar-refractivity contribution in [3.8, 4) is 11.4 Å². The molecule has 188 valence electrons. The Morgan fingerprint density at radius 3 is 2.46 bits per heavy atom. The molecule has 5 aromatic rings. The number of aryl methyl sites for hydroxylation is 1. The Morgan fingerprint density at radius 2 is 1.70 bits per heavy atom. The summed E-state index contributed by atoms with van der Waals surface area (Å²) in [5, 5.41) is 2.17. The van der Waals surface area contributed by atoms with Crippen LogP contribution in [-0.4, -0.2) is 33.4 Å². The summed E-state index contributed by atoms with van der Waals surface area (Å²) in [4.78, 5) is 20.2. The van der Waals surface area contributed by atoms with Gasteiger partial charge in [0, 0.05) is 48.6 Å². The predicted octanol–water partition coefficient (Wildman–Crippen LogP) is 7.06. The molecule has 5 heteroatoms. The third kappa shape index (κ3) is 4.55. The van der Waals surface area contributed by atoms with Gasteiger partial charge in [0.15, 0.2) is 0 Å². The summed E-state index contributed by atoms with van der Waals surface area (Å²) in [6.07, 6.45) is 4.47. The molecule has 1 aliphatic heterocycles. The van der Waals surface area contributed by atoms with Crippen molar-refractivity contribution in [2.45, 2.75) is 44.9 Å². The Labute approximate surface area is 217 Å². The number of rotatable bonds is 5. The van der Waals surface area contributed by atoms with Gasteiger partial charge in [0.25, 0.3) is 0 Å². The Bertz CT molecular complexity index is 1570. The fraction of sp³-hybridized carbons (Fsp3) is 0.312. The van der Waals surface area contributed by atoms with Crippen LogP contribution in [0.3, 0.4) is 0 Å². The first-order chi connectivity index (χ1) is 18.0. The number of piperidine rings is 1. The van der Waals surface area contributed by atoms with Crippen LogP contribution in [0.25, 0.3) is 33.3 Å². The van der Waals surface area contributed by atoms with Gasteiger partial charge >= 0.3 is 0 Å². The highest BCUT2D eigenvalue weighted by Crippen LogP contribution is 2.32. The lowest BCUT2D eigenvalue weighted by molar-refractivity contribution is -0.131. The van der Waals surface area contributed by atoms with E-state index in [-0.39, 0.29) is 5.91 Å². The molecule has 0 bridgehead atoms. The lowest BCUT2D eigenvalue weighted by Gasteiger charge is -2.31. The first kappa shape index (κ1) is 23.5. The average molecular weight is 492 g/mol. The molecule has 0 spiro atoms. The van der Waals surface area contributed by atoms with Gasteiger partial charge in [0.05, 0.1) is 12.1 Å². The maximum Gasteiger partial charge on any atom is 0.226 e. The van der Waals surface area contributed by atoms with Gasteiger partial charge in [-0.2, -0.15) is 0 Å². The molecule has 0 N–H and O–H groups in total. The van der Waals surface area contributed by atoms with Crippen molar-refractivity contribution in [1.82, 2.24) is 14.5 Å². The van der Waals surface area contributed by atoms with Crippen LogP contribution < -0.4 is 0 Å². The number of para-hydroxylation sites is 1. The second kappa shape index (κ2) is 9.55. The smallest absolute Gasteiger partial charge is 0.226 e. The highest BCUT2D eigenvalue weighted by molar-refractivity contribution is 6.05. The maximum absolute atomic E-state index is 13.1. The van der Waals surface area contributed by atoms with Crippen molar-refractivity contribution in [3.05, 3.63) is 89.7 Å². The standard InChI is InChI=1S/C32H33N3O2/c1-21(2)23-9-11-25(12-10-23)32-33-28(20-34(32)3)24-14-16-35(17-15-24)31(36)19-22-8-13-30-27(18-22)26-6-4-5-7-29(26)37-30/h4-13,18,20-21,24H,14-17,19H2,1-3H3. The number of fused-ring (bicyclic) bond motifs is 3. The minimum Gasteiger partial charge on any atom is -0.456 e. The summed E-state index contributed by atoms with van der Waals surface area (Å²) >= 11 is 0. The third-order valence-corrected chi connectivity index (χ3v) is 7.79. The Balaban J connectivity index is 1.11. The Hall–Kier alpha value is -3.86. The molecule has 1 aliphatic rings. The van der Waals surface area contributed by atoms with Crippen molar-refractivity contribution >= 4 is 27.8 Å². The first-order valence-corrected chi connectivity index (χ1v) is 13.3. The summed E-state index contributed by atoms with van der Waals surface area (Å²) in [7, 11) is 2.07. The topological polar surface area (TPSA) is 51.3 Å². The van der Waals surface area contributed by atoms with Crippen LogP contribution in [0.15, 0.2) is 77.3 Å². The zero-order valence-corrected chi connectivity index (χ0v) is 21.8. The molecular formula is C32H33N3O2. The van der Waals surface area contributed by atoms with Crippen LogP contribution in [0, 0.1) is 0 Å². The van der Waals surface area contributed by atoms with Gasteiger partial charge in [-0.15, -0.1) is 0 Å². The van der Waals surface area contributed by atoms with Crippen LogP contribution in [0.4, 0.5) is 0 Å². The Kier molecular flexibility index (Phi) is 6.07. The van der Waals surface area contributed by atoms with E-state index in [0.29, 0.717) is 18.3 Å². The fourth-order valence-electron chi connectivity index (χ4n) is 5.57. The molecule has 0 saturated carbocycles. The number of amides is 1. The number of aromatic nitrogens is 2. The van der Waals surface area contributed by atoms with Crippen LogP contribution in [0.5, 0.6) is 0 Å². The lowest BCUT2D eigenvalue weighted by Crippen LogP contribution is -2.38. The largest absolute Gasteiger partial charge is 0.456 e. The molecule has 0 radical (unpaired) electrons. The molecule has 2 aromatic heterocycles. The molecule has 0 unspecified atom stereocenters. The van der Waals surface area contributed by atoms with E-state index in [1.807, 2.05) is 35.2 Å². The third-order valence-electron chi connectivity index (χ3n) is 7.79. The van der Waals surface area contributed by atoms with Gasteiger partial charge in [-0.05, 0) is 48.1 Å². The molecule has 3 heterocycles. The molecular weight excluding hydrogens is 458 g/mol. The SMILES string of the molecule is CC(C)c1ccc(-c2nc(C3CCN(C(=O)Cc4ccc5oc6ccccc6c5c4)CC3)cn2C)cc1. The van der Waals surface area contributed by atoms with Crippen molar-refractivity contribution in [1.29, 1.82) is 0 Å². The molecule has 5 nitrogen and oxygen atoms in total. The Morgan fingerprint density at radius 1 is 0.973 bits per heavy atom. The molecule has 1 fully saturated rings. The van der Waals surface area contributed by atoms with Crippen molar-refractivity contribution in [2.24, 2.45) is 7.05 Å². The van der Waals surface area contributed by atoms with Gasteiger partial charge in [-0.1, -0.05) is 62.4 Å². The van der Waals surface area contributed by atoms with Crippen molar-refractivity contribution in [3.63, 3.8) is 0 Å². The molecule has 3 aromatic carbocycles. The predicted molar refractivity (Wildman–Crippen MR) is 149 cm³/mol. The van der Waals surface area contributed by atoms with E-state index in [1.54, 1.807) is 0 Å². The number of likely N-dealkylation sites (tertiary alicyclic amines) is 1. The van der Waals surface area contributed by atoms with Gasteiger partial charge in [-0.3, -0.25) is 4.79 Å². The van der Waals surface area contributed by atoms with Gasteiger partial charge in [0.2, 0.25) is 5.91 Å². The molecule has 37 heavy (non-hydrogen) atoms. The van der Waals surface area contributed by atoms with E-state index in [4.69, 9.17) is 9.40 Å². The van der Waals surface area contributed by atoms with Gasteiger partial charge in [-0.25, -0.2) is 4.98 Å². The van der Waals surface area contributed by atoms with E-state index in [0.717, 1.165) is 70.5 Å². The number of imidazole rings is 1. The monoisotopic (exact) mass is 491 g/mol. The molecule has 1 saturated heterocycles. The molecule has 0 aliphatic carbocycles. The van der Waals surface area contributed by atoms with E-state index in [1.165, 1.54) is 5.56 Å². The quantitative estimate of drug-likeness (QED) is 0.264.